The summed E-state index contributed by atoms with van der Waals surface area (Å²) in [7, 11) is 0. The van der Waals surface area contributed by atoms with Gasteiger partial charge in [-0.05, 0) is 49.7 Å². The van der Waals surface area contributed by atoms with Crippen molar-refractivity contribution < 1.29 is 0 Å². The number of hydrogen-bond donors (Lipinski definition) is 1. The van der Waals surface area contributed by atoms with Gasteiger partial charge in [0, 0.05) is 43.3 Å². The Labute approximate surface area is 170 Å². The van der Waals surface area contributed by atoms with Crippen LogP contribution >= 0.6 is 11.6 Å². The molecule has 1 aromatic heterocycles. The molecule has 0 bridgehead atoms. The average Bonchev–Trinajstić information content (AvgIpc) is 2.72. The number of aromatic nitrogens is 2. The van der Waals surface area contributed by atoms with Gasteiger partial charge in [0.2, 0.25) is 0 Å². The van der Waals surface area contributed by atoms with Gasteiger partial charge >= 0.3 is 0 Å². The average molecular weight is 397 g/mol. The number of aromatic amines is 1. The number of H-pyrrole nitrogens is 1. The van der Waals surface area contributed by atoms with Crippen LogP contribution in [0, 0.1) is 0 Å². The van der Waals surface area contributed by atoms with Crippen LogP contribution in [0.15, 0.2) is 53.3 Å². The lowest BCUT2D eigenvalue weighted by Crippen LogP contribution is -2.46. The van der Waals surface area contributed by atoms with Crippen LogP contribution in [-0.4, -0.2) is 47.6 Å². The van der Waals surface area contributed by atoms with Crippen LogP contribution in [-0.2, 0) is 6.42 Å². The number of anilines is 1. The maximum absolute atomic E-state index is 12.1. The number of piperazine rings is 1. The Balaban J connectivity index is 1.23. The highest BCUT2D eigenvalue weighted by Crippen LogP contribution is 2.20. The van der Waals surface area contributed by atoms with Crippen LogP contribution < -0.4 is 10.5 Å². The Morgan fingerprint density at radius 3 is 2.64 bits per heavy atom. The Morgan fingerprint density at radius 2 is 1.82 bits per heavy atom. The van der Waals surface area contributed by atoms with E-state index in [2.05, 4.69) is 25.8 Å². The van der Waals surface area contributed by atoms with Crippen LogP contribution in [0.3, 0.4) is 0 Å². The van der Waals surface area contributed by atoms with Crippen molar-refractivity contribution in [1.29, 1.82) is 0 Å². The summed E-state index contributed by atoms with van der Waals surface area (Å²) in [6.45, 7) is 5.27. The highest BCUT2D eigenvalue weighted by atomic mass is 35.5. The Hall–Kier alpha value is -2.37. The van der Waals surface area contributed by atoms with Crippen molar-refractivity contribution in [2.75, 3.05) is 37.6 Å². The molecule has 1 N–H and O–H groups in total. The molecule has 0 radical (unpaired) electrons. The third-order valence-corrected chi connectivity index (χ3v) is 5.58. The van der Waals surface area contributed by atoms with Gasteiger partial charge in [-0.3, -0.25) is 9.69 Å². The number of fused-ring (bicyclic) bond motifs is 1. The molecule has 1 fully saturated rings. The normalized spacial score (nSPS) is 15.2. The summed E-state index contributed by atoms with van der Waals surface area (Å²) in [5.74, 6) is 0.787. The van der Waals surface area contributed by atoms with Gasteiger partial charge in [0.15, 0.2) is 0 Å². The first-order chi connectivity index (χ1) is 13.7. The minimum Gasteiger partial charge on any atom is -0.369 e. The molecule has 6 heteroatoms. The number of nitrogens with one attached hydrogen (secondary N) is 1. The summed E-state index contributed by atoms with van der Waals surface area (Å²) in [5, 5.41) is 1.45. The SMILES string of the molecule is O=c1[nH]c(CCCCN2CCN(c3cccc(Cl)c3)CC2)nc2ccccc12. The molecule has 0 spiro atoms. The van der Waals surface area contributed by atoms with Gasteiger partial charge in [-0.1, -0.05) is 29.8 Å². The van der Waals surface area contributed by atoms with Gasteiger partial charge in [0.05, 0.1) is 10.9 Å². The first-order valence-electron chi connectivity index (χ1n) is 9.90. The standard InChI is InChI=1S/C22H25ClN4O/c23-17-6-5-7-18(16-17)27-14-12-26(13-15-27)11-4-3-10-21-24-20-9-2-1-8-19(20)22(28)25-21/h1-2,5-9,16H,3-4,10-15H2,(H,24,25,28). The number of hydrogen-bond acceptors (Lipinski definition) is 4. The molecule has 28 heavy (non-hydrogen) atoms. The van der Waals surface area contributed by atoms with Gasteiger partial charge in [-0.15, -0.1) is 0 Å². The summed E-state index contributed by atoms with van der Waals surface area (Å²) in [6, 6.07) is 15.6. The molecular weight excluding hydrogens is 372 g/mol. The molecule has 0 unspecified atom stereocenters. The minimum atomic E-state index is -0.0438. The molecule has 0 atom stereocenters. The zero-order chi connectivity index (χ0) is 19.3. The zero-order valence-corrected chi connectivity index (χ0v) is 16.7. The Kier molecular flexibility index (Phi) is 5.93. The van der Waals surface area contributed by atoms with Crippen molar-refractivity contribution in [3.63, 3.8) is 0 Å². The molecule has 1 aliphatic heterocycles. The van der Waals surface area contributed by atoms with Crippen molar-refractivity contribution in [1.82, 2.24) is 14.9 Å². The number of nitrogens with zero attached hydrogens (tertiary/aromatic N) is 3. The van der Waals surface area contributed by atoms with E-state index in [1.807, 2.05) is 42.5 Å². The predicted molar refractivity (Wildman–Crippen MR) is 115 cm³/mol. The van der Waals surface area contributed by atoms with Crippen LogP contribution in [0.4, 0.5) is 5.69 Å². The van der Waals surface area contributed by atoms with Gasteiger partial charge in [0.25, 0.3) is 5.56 Å². The highest BCUT2D eigenvalue weighted by Gasteiger charge is 2.17. The lowest BCUT2D eigenvalue weighted by molar-refractivity contribution is 0.253. The minimum absolute atomic E-state index is 0.0438. The quantitative estimate of drug-likeness (QED) is 0.645. The summed E-state index contributed by atoms with van der Waals surface area (Å²) < 4.78 is 0. The first kappa shape index (κ1) is 19.0. The number of halogens is 1. The van der Waals surface area contributed by atoms with E-state index >= 15 is 0 Å². The topological polar surface area (TPSA) is 52.2 Å². The molecule has 0 amide bonds. The van der Waals surface area contributed by atoms with E-state index < -0.39 is 0 Å². The Bertz CT molecular complexity index is 995. The molecule has 4 rings (SSSR count). The van der Waals surface area contributed by atoms with E-state index in [-0.39, 0.29) is 5.56 Å². The van der Waals surface area contributed by atoms with E-state index in [0.29, 0.717) is 5.39 Å². The molecule has 1 saturated heterocycles. The largest absolute Gasteiger partial charge is 0.369 e. The van der Waals surface area contributed by atoms with Gasteiger partial charge in [-0.25, -0.2) is 4.98 Å². The fourth-order valence-corrected chi connectivity index (χ4v) is 3.97. The van der Waals surface area contributed by atoms with Crippen LogP contribution in [0.5, 0.6) is 0 Å². The fourth-order valence-electron chi connectivity index (χ4n) is 3.78. The van der Waals surface area contributed by atoms with Crippen LogP contribution in [0.25, 0.3) is 10.9 Å². The van der Waals surface area contributed by atoms with Gasteiger partial charge in [0.1, 0.15) is 5.82 Å². The van der Waals surface area contributed by atoms with Crippen molar-refractivity contribution in [3.8, 4) is 0 Å². The molecule has 0 saturated carbocycles. The third-order valence-electron chi connectivity index (χ3n) is 5.35. The number of para-hydroxylation sites is 1. The number of unbranched alkanes of at least 4 members (excludes halogenated alkanes) is 1. The number of benzene rings is 2. The highest BCUT2D eigenvalue weighted by molar-refractivity contribution is 6.30. The second-order valence-corrected chi connectivity index (χ2v) is 7.73. The van der Waals surface area contributed by atoms with Gasteiger partial charge in [-0.2, -0.15) is 0 Å². The number of aryl methyl sites for hydroxylation is 1. The fraction of sp³-hybridized carbons (Fsp3) is 0.364. The van der Waals surface area contributed by atoms with E-state index in [9.17, 15) is 4.79 Å². The zero-order valence-electron chi connectivity index (χ0n) is 15.9. The summed E-state index contributed by atoms with van der Waals surface area (Å²) in [5.41, 5.74) is 1.94. The molecule has 1 aliphatic rings. The predicted octanol–water partition coefficient (Wildman–Crippen LogP) is 3.72. The lowest BCUT2D eigenvalue weighted by Gasteiger charge is -2.36. The maximum Gasteiger partial charge on any atom is 0.258 e. The van der Waals surface area contributed by atoms with E-state index in [4.69, 9.17) is 11.6 Å². The van der Waals surface area contributed by atoms with Crippen molar-refractivity contribution >= 4 is 28.2 Å². The molecule has 5 nitrogen and oxygen atoms in total. The summed E-state index contributed by atoms with van der Waals surface area (Å²) in [4.78, 5) is 24.5. The third kappa shape index (κ3) is 4.54. The van der Waals surface area contributed by atoms with E-state index in [0.717, 1.165) is 68.3 Å². The first-order valence-corrected chi connectivity index (χ1v) is 10.3. The molecular formula is C22H25ClN4O. The maximum atomic E-state index is 12.1. The van der Waals surface area contributed by atoms with E-state index in [1.54, 1.807) is 0 Å². The molecule has 2 aromatic carbocycles. The summed E-state index contributed by atoms with van der Waals surface area (Å²) >= 11 is 6.11. The molecule has 3 aromatic rings. The second kappa shape index (κ2) is 8.76. The van der Waals surface area contributed by atoms with Crippen molar-refractivity contribution in [2.24, 2.45) is 0 Å². The summed E-state index contributed by atoms with van der Waals surface area (Å²) in [6.07, 6.45) is 2.94. The number of rotatable bonds is 6. The lowest BCUT2D eigenvalue weighted by atomic mass is 10.2. The van der Waals surface area contributed by atoms with E-state index in [1.165, 1.54) is 5.69 Å². The second-order valence-electron chi connectivity index (χ2n) is 7.30. The Morgan fingerprint density at radius 1 is 1.00 bits per heavy atom. The van der Waals surface area contributed by atoms with Crippen LogP contribution in [0.1, 0.15) is 18.7 Å². The van der Waals surface area contributed by atoms with Gasteiger partial charge < -0.3 is 9.88 Å². The van der Waals surface area contributed by atoms with Crippen molar-refractivity contribution in [2.45, 2.75) is 19.3 Å². The monoisotopic (exact) mass is 396 g/mol. The smallest absolute Gasteiger partial charge is 0.258 e. The molecule has 0 aliphatic carbocycles. The van der Waals surface area contributed by atoms with Crippen LogP contribution in [0.2, 0.25) is 5.02 Å². The molecule has 2 heterocycles. The van der Waals surface area contributed by atoms with Crippen molar-refractivity contribution in [3.05, 3.63) is 69.7 Å². The molecule has 146 valence electrons.